The fourth-order valence-corrected chi connectivity index (χ4v) is 5.14. The molecule has 0 radical (unpaired) electrons. The van der Waals surface area contributed by atoms with Crippen LogP contribution in [0.15, 0.2) is 48.7 Å². The van der Waals surface area contributed by atoms with E-state index < -0.39 is 0 Å². The first-order valence-corrected chi connectivity index (χ1v) is 12.4. The third kappa shape index (κ3) is 6.14. The second-order valence-electron chi connectivity index (χ2n) is 9.47. The zero-order valence-corrected chi connectivity index (χ0v) is 20.4. The van der Waals surface area contributed by atoms with E-state index in [0.29, 0.717) is 30.4 Å². The zero-order chi connectivity index (χ0) is 23.9. The van der Waals surface area contributed by atoms with Gasteiger partial charge in [-0.25, -0.2) is 0 Å². The Morgan fingerprint density at radius 3 is 2.76 bits per heavy atom. The first-order valence-electron chi connectivity index (χ1n) is 12.4. The largest absolute Gasteiger partial charge is 0.492 e. The quantitative estimate of drug-likeness (QED) is 0.681. The van der Waals surface area contributed by atoms with Crippen LogP contribution >= 0.6 is 0 Å². The highest BCUT2D eigenvalue weighted by Gasteiger charge is 2.35. The number of hydrogen-bond donors (Lipinski definition) is 0. The number of nitrogens with zero attached hydrogens (tertiary/aromatic N) is 4. The summed E-state index contributed by atoms with van der Waals surface area (Å²) in [5.41, 5.74) is 1.69. The summed E-state index contributed by atoms with van der Waals surface area (Å²) in [4.78, 5) is 36.1. The number of likely N-dealkylation sites (tertiary alicyclic amines) is 1. The summed E-state index contributed by atoms with van der Waals surface area (Å²) in [6, 6.07) is 13.5. The molecule has 2 aliphatic heterocycles. The molecule has 0 unspecified atom stereocenters. The first-order chi connectivity index (χ1) is 16.5. The van der Waals surface area contributed by atoms with Crippen LogP contribution < -0.4 is 4.74 Å². The number of rotatable bonds is 2. The molecule has 1 aromatic heterocycles. The summed E-state index contributed by atoms with van der Waals surface area (Å²) in [6.45, 7) is 6.12. The first kappa shape index (κ1) is 24.2. The lowest BCUT2D eigenvalue weighted by atomic mass is 9.86. The van der Waals surface area contributed by atoms with Crippen LogP contribution in [-0.4, -0.2) is 77.4 Å². The van der Waals surface area contributed by atoms with Crippen molar-refractivity contribution in [2.24, 2.45) is 5.92 Å². The van der Waals surface area contributed by atoms with Crippen LogP contribution in [0.1, 0.15) is 48.7 Å². The van der Waals surface area contributed by atoms with Crippen molar-refractivity contribution < 1.29 is 14.3 Å². The van der Waals surface area contributed by atoms with E-state index in [4.69, 9.17) is 4.74 Å². The number of aromatic nitrogens is 1. The molecule has 2 aliphatic rings. The molecule has 2 aromatic rings. The van der Waals surface area contributed by atoms with Crippen molar-refractivity contribution in [3.63, 3.8) is 0 Å². The van der Waals surface area contributed by atoms with Crippen LogP contribution in [0.5, 0.6) is 5.75 Å². The number of piperidine rings is 1. The topological polar surface area (TPSA) is 66.0 Å². The minimum absolute atomic E-state index is 0.0162. The van der Waals surface area contributed by atoms with E-state index >= 15 is 0 Å². The number of carbonyl (C=O) groups is 2. The fraction of sp³-hybridized carbons (Fsp3) is 0.519. The van der Waals surface area contributed by atoms with Gasteiger partial charge in [0.05, 0.1) is 11.7 Å². The minimum Gasteiger partial charge on any atom is -0.492 e. The molecule has 0 N–H and O–H groups in total. The molecular weight excluding hydrogens is 428 g/mol. The third-order valence-corrected chi connectivity index (χ3v) is 7.15. The molecule has 2 amide bonds. The number of carbonyl (C=O) groups excluding carboxylic acids is 2. The van der Waals surface area contributed by atoms with Crippen molar-refractivity contribution in [3.8, 4) is 5.75 Å². The predicted molar refractivity (Wildman–Crippen MR) is 132 cm³/mol. The highest BCUT2D eigenvalue weighted by Crippen LogP contribution is 2.28. The Balaban J connectivity index is 1.54. The fourth-order valence-electron chi connectivity index (χ4n) is 5.14. The Morgan fingerprint density at radius 1 is 1.09 bits per heavy atom. The molecule has 1 aromatic carbocycles. The Labute approximate surface area is 202 Å². The van der Waals surface area contributed by atoms with Crippen LogP contribution in [0.2, 0.25) is 0 Å². The van der Waals surface area contributed by atoms with Crippen LogP contribution in [0.4, 0.5) is 0 Å². The van der Waals surface area contributed by atoms with Gasteiger partial charge in [0.25, 0.3) is 5.91 Å². The second-order valence-corrected chi connectivity index (χ2v) is 9.47. The van der Waals surface area contributed by atoms with Crippen molar-refractivity contribution in [3.05, 3.63) is 59.9 Å². The van der Waals surface area contributed by atoms with Crippen LogP contribution in [0.25, 0.3) is 0 Å². The smallest absolute Gasteiger partial charge is 0.254 e. The lowest BCUT2D eigenvalue weighted by molar-refractivity contribution is -0.131. The molecule has 2 atom stereocenters. The normalized spacial score (nSPS) is 22.8. The zero-order valence-electron chi connectivity index (χ0n) is 20.4. The van der Waals surface area contributed by atoms with E-state index in [1.807, 2.05) is 59.4 Å². The molecule has 1 saturated heterocycles. The number of ether oxygens (including phenoxy) is 1. The second kappa shape index (κ2) is 11.5. The van der Waals surface area contributed by atoms with Crippen molar-refractivity contribution in [1.82, 2.24) is 19.7 Å². The summed E-state index contributed by atoms with van der Waals surface area (Å²) < 4.78 is 6.04. The Morgan fingerprint density at radius 2 is 1.97 bits per heavy atom. The molecule has 2 bridgehead atoms. The van der Waals surface area contributed by atoms with E-state index in [1.165, 1.54) is 0 Å². The maximum Gasteiger partial charge on any atom is 0.254 e. The summed E-state index contributed by atoms with van der Waals surface area (Å²) in [7, 11) is 1.88. The van der Waals surface area contributed by atoms with Gasteiger partial charge in [0.15, 0.2) is 0 Å². The van der Waals surface area contributed by atoms with Crippen LogP contribution in [-0.2, 0) is 11.3 Å². The van der Waals surface area contributed by atoms with Gasteiger partial charge in [-0.2, -0.15) is 0 Å². The molecule has 0 spiro atoms. The lowest BCUT2D eigenvalue weighted by Crippen LogP contribution is -2.54. The van der Waals surface area contributed by atoms with Crippen molar-refractivity contribution in [2.45, 2.75) is 45.2 Å². The Hall–Kier alpha value is -2.93. The van der Waals surface area contributed by atoms with E-state index in [-0.39, 0.29) is 17.9 Å². The van der Waals surface area contributed by atoms with Gasteiger partial charge < -0.3 is 14.5 Å². The van der Waals surface area contributed by atoms with Gasteiger partial charge in [-0.15, -0.1) is 0 Å². The summed E-state index contributed by atoms with van der Waals surface area (Å²) in [5.74, 6) is 1.16. The van der Waals surface area contributed by atoms with Gasteiger partial charge in [-0.3, -0.25) is 19.5 Å². The van der Waals surface area contributed by atoms with Crippen molar-refractivity contribution in [2.75, 3.05) is 39.8 Å². The molecule has 4 rings (SSSR count). The van der Waals surface area contributed by atoms with Gasteiger partial charge in [0.2, 0.25) is 5.91 Å². The monoisotopic (exact) mass is 464 g/mol. The summed E-state index contributed by atoms with van der Waals surface area (Å²) in [6.07, 6.45) is 6.01. The Kier molecular flexibility index (Phi) is 8.16. The van der Waals surface area contributed by atoms with E-state index in [9.17, 15) is 9.59 Å². The number of benzene rings is 1. The molecule has 1 fully saturated rings. The average Bonchev–Trinajstić information content (AvgIpc) is 2.86. The lowest BCUT2D eigenvalue weighted by Gasteiger charge is -2.43. The van der Waals surface area contributed by atoms with Gasteiger partial charge in [0.1, 0.15) is 12.4 Å². The Bertz CT molecular complexity index is 967. The van der Waals surface area contributed by atoms with Gasteiger partial charge in [-0.1, -0.05) is 18.6 Å². The van der Waals surface area contributed by atoms with Gasteiger partial charge in [0, 0.05) is 51.9 Å². The number of hydrogen-bond acceptors (Lipinski definition) is 5. The van der Waals surface area contributed by atoms with Crippen LogP contribution in [0.3, 0.4) is 0 Å². The van der Waals surface area contributed by atoms with E-state index in [0.717, 1.165) is 57.6 Å². The molecule has 7 heteroatoms. The highest BCUT2D eigenvalue weighted by molar-refractivity contribution is 5.94. The van der Waals surface area contributed by atoms with Gasteiger partial charge >= 0.3 is 0 Å². The standard InChI is InChI=1S/C27H36N4O3/c1-21(32)31-15-12-22-8-4-6-14-30(19-24-10-3-5-13-28-24)16-17-34-25-11-7-9-23(18-25)27(33)29(2)26(22)20-31/h3,5,7,9-11,13,18,22,26H,4,6,8,12,14-17,19-20H2,1-2H3/t22-,26+/m1/s1. The maximum absolute atomic E-state index is 13.4. The van der Waals surface area contributed by atoms with E-state index in [2.05, 4.69) is 16.0 Å². The predicted octanol–water partition coefficient (Wildman–Crippen LogP) is 3.46. The van der Waals surface area contributed by atoms with Crippen LogP contribution in [0, 0.1) is 5.92 Å². The maximum atomic E-state index is 13.4. The highest BCUT2D eigenvalue weighted by atomic mass is 16.5. The number of pyridine rings is 1. The molecule has 0 aliphatic carbocycles. The SMILES string of the molecule is CC(=O)N1CC[C@H]2CCCCN(Cc3ccccn3)CCOc3cccc(c3)C(=O)N(C)[C@H]2C1. The minimum atomic E-state index is -0.0162. The number of likely N-dealkylation sites (N-methyl/N-ethyl adjacent to an activating group) is 1. The summed E-state index contributed by atoms with van der Waals surface area (Å²) in [5, 5.41) is 0. The number of amides is 2. The third-order valence-electron chi connectivity index (χ3n) is 7.15. The molecular formula is C27H36N4O3. The van der Waals surface area contributed by atoms with Crippen molar-refractivity contribution in [1.29, 1.82) is 0 Å². The van der Waals surface area contributed by atoms with Crippen molar-refractivity contribution >= 4 is 11.8 Å². The van der Waals surface area contributed by atoms with E-state index in [1.54, 1.807) is 6.92 Å². The molecule has 7 nitrogen and oxygen atoms in total. The number of fused-ring (bicyclic) bond motifs is 3. The molecule has 0 saturated carbocycles. The average molecular weight is 465 g/mol. The van der Waals surface area contributed by atoms with Gasteiger partial charge in [-0.05, 0) is 62.1 Å². The molecule has 34 heavy (non-hydrogen) atoms. The summed E-state index contributed by atoms with van der Waals surface area (Å²) >= 11 is 0. The molecule has 182 valence electrons. The molecule has 3 heterocycles.